The molecule has 0 spiro atoms. The van der Waals surface area contributed by atoms with Crippen molar-refractivity contribution < 1.29 is 58.8 Å². The molecule has 3 saturated heterocycles. The molecule has 0 atom stereocenters. The molecule has 3 aliphatic heterocycles. The highest BCUT2D eigenvalue weighted by atomic mass is 79.9. The van der Waals surface area contributed by atoms with Crippen molar-refractivity contribution in [2.75, 3.05) is 148 Å². The summed E-state index contributed by atoms with van der Waals surface area (Å²) in [5.41, 5.74) is 12.3. The molecule has 27 nitrogen and oxygen atoms in total. The summed E-state index contributed by atoms with van der Waals surface area (Å²) in [6.45, 7) is 6.65. The first-order valence-corrected chi connectivity index (χ1v) is 31.4. The molecule has 3 fully saturated rings. The Morgan fingerprint density at radius 2 is 1.12 bits per heavy atom. The zero-order chi connectivity index (χ0) is 60.4. The average molecular weight is 1300 g/mol. The molecule has 6 aromatic rings. The van der Waals surface area contributed by atoms with E-state index in [9.17, 15) is 39.9 Å². The van der Waals surface area contributed by atoms with E-state index < -0.39 is 36.0 Å². The lowest BCUT2D eigenvalue weighted by atomic mass is 10.1. The SMILES string of the molecule is COc1cc(CO)cc2nc(-c3cccc(N4CCN(S(C)(=O)=O)CC4)n3)[nH]c(=O)c12.COc1cc(N)c(C(N)=O)c(OC)c1.COc1cccc(Br)n1.COc1cccc(N2CCN(S(C)(=O)=O)CC2)n1.CS(=O)(=O)N1CCNCC1.Cl. The van der Waals surface area contributed by atoms with Gasteiger partial charge in [-0.05, 0) is 57.9 Å². The number of hydrogen-bond acceptors (Lipinski definition) is 22. The summed E-state index contributed by atoms with van der Waals surface area (Å²) >= 11 is 3.21. The molecular formula is C51H71BrClN13O14S3. The summed E-state index contributed by atoms with van der Waals surface area (Å²) in [6.07, 6.45) is 3.70. The van der Waals surface area contributed by atoms with E-state index in [-0.39, 0.29) is 35.8 Å². The number of sulfonamides is 3. The average Bonchev–Trinajstić information content (AvgIpc) is 3.66. The number of carbonyl (C=O) groups excluding carboxylic acids is 1. The van der Waals surface area contributed by atoms with Gasteiger partial charge in [-0.3, -0.25) is 9.59 Å². The number of fused-ring (bicyclic) bond motifs is 1. The van der Waals surface area contributed by atoms with Crippen LogP contribution in [0, 0.1) is 0 Å². The Morgan fingerprint density at radius 1 is 0.627 bits per heavy atom. The Hall–Kier alpha value is -6.68. The van der Waals surface area contributed by atoms with Gasteiger partial charge in [-0.2, -0.15) is 17.9 Å². The third kappa shape index (κ3) is 20.3. The number of aliphatic hydroxyl groups is 1. The number of carbonyl (C=O) groups is 1. The quantitative estimate of drug-likeness (QED) is 0.0817. The molecule has 32 heteroatoms. The van der Waals surface area contributed by atoms with Gasteiger partial charge in [0.25, 0.3) is 11.5 Å². The van der Waals surface area contributed by atoms with Crippen LogP contribution in [0.5, 0.6) is 29.0 Å². The summed E-state index contributed by atoms with van der Waals surface area (Å²) in [6, 6.07) is 22.8. The highest BCUT2D eigenvalue weighted by molar-refractivity contribution is 9.10. The van der Waals surface area contributed by atoms with Gasteiger partial charge in [0, 0.05) is 103 Å². The molecule has 3 aliphatic rings. The fraction of sp³-hybridized carbons (Fsp3) is 0.412. The molecule has 4 aromatic heterocycles. The topological polar surface area (TPSA) is 351 Å². The second kappa shape index (κ2) is 31.8. The largest absolute Gasteiger partial charge is 0.497 e. The number of pyridine rings is 3. The monoisotopic (exact) mass is 1300 g/mol. The summed E-state index contributed by atoms with van der Waals surface area (Å²) in [5.74, 6) is 3.54. The first-order valence-electron chi connectivity index (χ1n) is 25.1. The number of piperazine rings is 3. The van der Waals surface area contributed by atoms with E-state index >= 15 is 0 Å². The van der Waals surface area contributed by atoms with E-state index in [0.29, 0.717) is 128 Å². The number of benzene rings is 2. The van der Waals surface area contributed by atoms with Gasteiger partial charge in [0.1, 0.15) is 50.1 Å². The third-order valence-electron chi connectivity index (χ3n) is 12.4. The summed E-state index contributed by atoms with van der Waals surface area (Å²) in [4.78, 5) is 48.1. The summed E-state index contributed by atoms with van der Waals surface area (Å²) < 4.78 is 98.4. The van der Waals surface area contributed by atoms with Crippen molar-refractivity contribution in [1.82, 2.24) is 43.2 Å². The molecule has 456 valence electrons. The van der Waals surface area contributed by atoms with Gasteiger partial charge < -0.3 is 60.4 Å². The molecule has 0 saturated carbocycles. The van der Waals surface area contributed by atoms with Crippen molar-refractivity contribution in [1.29, 1.82) is 0 Å². The number of rotatable bonds is 13. The number of nitrogens with two attached hydrogens (primary N) is 2. The van der Waals surface area contributed by atoms with Gasteiger partial charge in [-0.25, -0.2) is 40.2 Å². The molecule has 0 radical (unpaired) electrons. The van der Waals surface area contributed by atoms with Crippen LogP contribution in [0.3, 0.4) is 0 Å². The van der Waals surface area contributed by atoms with Crippen LogP contribution in [0.25, 0.3) is 22.4 Å². The Labute approximate surface area is 497 Å². The maximum atomic E-state index is 12.7. The molecule has 9 rings (SSSR count). The van der Waals surface area contributed by atoms with Crippen molar-refractivity contribution in [3.63, 3.8) is 0 Å². The number of nitrogen functional groups attached to an aromatic ring is 1. The van der Waals surface area contributed by atoms with Crippen molar-refractivity contribution in [3.8, 4) is 40.5 Å². The highest BCUT2D eigenvalue weighted by Gasteiger charge is 2.26. The fourth-order valence-electron chi connectivity index (χ4n) is 8.22. The zero-order valence-electron chi connectivity index (χ0n) is 47.1. The number of ether oxygens (including phenoxy) is 5. The van der Waals surface area contributed by atoms with E-state index in [1.54, 1.807) is 50.6 Å². The molecule has 83 heavy (non-hydrogen) atoms. The number of H-pyrrole nitrogens is 1. The fourth-order valence-corrected chi connectivity index (χ4v) is 11.0. The molecule has 0 unspecified atom stereocenters. The van der Waals surface area contributed by atoms with Gasteiger partial charge in [0.2, 0.25) is 41.8 Å². The predicted molar refractivity (Wildman–Crippen MR) is 324 cm³/mol. The number of hydrogen-bond donors (Lipinski definition) is 5. The molecule has 2 aromatic carbocycles. The molecule has 7 N–H and O–H groups in total. The normalized spacial score (nSPS) is 15.0. The summed E-state index contributed by atoms with van der Waals surface area (Å²) in [7, 11) is -1.67. The number of aromatic amines is 1. The van der Waals surface area contributed by atoms with Crippen molar-refractivity contribution in [2.24, 2.45) is 5.73 Å². The number of methoxy groups -OCH3 is 5. The number of amides is 1. The number of halogens is 2. The van der Waals surface area contributed by atoms with Gasteiger partial charge in [0.05, 0.1) is 72.1 Å². The lowest BCUT2D eigenvalue weighted by molar-refractivity contribution is 0.0998. The summed E-state index contributed by atoms with van der Waals surface area (Å²) in [5, 5.41) is 12.9. The smallest absolute Gasteiger partial charge is 0.262 e. The van der Waals surface area contributed by atoms with Crippen LogP contribution in [-0.4, -0.2) is 207 Å². The lowest BCUT2D eigenvalue weighted by Gasteiger charge is -2.34. The predicted octanol–water partition coefficient (Wildman–Crippen LogP) is 2.25. The second-order valence-corrected chi connectivity index (χ2v) is 24.8. The van der Waals surface area contributed by atoms with Crippen LogP contribution < -0.4 is 55.8 Å². The van der Waals surface area contributed by atoms with E-state index in [4.69, 9.17) is 35.2 Å². The number of nitrogens with zero attached hydrogens (tertiary/aromatic N) is 9. The van der Waals surface area contributed by atoms with E-state index in [0.717, 1.165) is 23.5 Å². The van der Waals surface area contributed by atoms with E-state index in [1.165, 1.54) is 59.1 Å². The Kier molecular flexibility index (Phi) is 26.4. The van der Waals surface area contributed by atoms with E-state index in [1.807, 2.05) is 41.3 Å². The van der Waals surface area contributed by atoms with E-state index in [2.05, 4.69) is 51.1 Å². The Morgan fingerprint density at radius 3 is 1.57 bits per heavy atom. The van der Waals surface area contributed by atoms with Crippen LogP contribution in [0.15, 0.2) is 88.3 Å². The maximum Gasteiger partial charge on any atom is 0.262 e. The number of anilines is 3. The Balaban J connectivity index is 0.000000242. The van der Waals surface area contributed by atoms with Gasteiger partial charge in [0.15, 0.2) is 5.82 Å². The molecule has 7 heterocycles. The minimum atomic E-state index is -3.21. The van der Waals surface area contributed by atoms with Crippen molar-refractivity contribution in [2.45, 2.75) is 6.61 Å². The molecule has 0 bridgehead atoms. The minimum absolute atomic E-state index is 0. The van der Waals surface area contributed by atoms with Crippen LogP contribution >= 0.6 is 28.3 Å². The first kappa shape index (κ1) is 68.8. The van der Waals surface area contributed by atoms with Gasteiger partial charge in [-0.15, -0.1) is 12.4 Å². The van der Waals surface area contributed by atoms with Crippen LogP contribution in [0.1, 0.15) is 15.9 Å². The molecule has 0 aliphatic carbocycles. The van der Waals surface area contributed by atoms with Gasteiger partial charge >= 0.3 is 0 Å². The van der Waals surface area contributed by atoms with Crippen LogP contribution in [-0.2, 0) is 36.7 Å². The lowest BCUT2D eigenvalue weighted by Crippen LogP contribution is -2.48. The second-order valence-electron chi connectivity index (χ2n) is 18.1. The number of primary amides is 1. The highest BCUT2D eigenvalue weighted by Crippen LogP contribution is 2.30. The number of aromatic nitrogens is 5. The zero-order valence-corrected chi connectivity index (χ0v) is 52.0. The van der Waals surface area contributed by atoms with Crippen LogP contribution in [0.4, 0.5) is 17.3 Å². The molecule has 1 amide bonds. The van der Waals surface area contributed by atoms with Crippen molar-refractivity contribution >= 4 is 92.5 Å². The van der Waals surface area contributed by atoms with Crippen LogP contribution in [0.2, 0.25) is 0 Å². The third-order valence-corrected chi connectivity index (χ3v) is 16.8. The molecular weight excluding hydrogens is 1230 g/mol. The standard InChI is InChI=1S/C20H23N5O5S.C11H17N3O3S.C9H12N2O3.C6H6BrNO.C5H12N2O2S.ClH/c1-30-16-11-13(12-26)10-15-18(16)20(27)23-19(22-15)14-4-3-5-17(21-14)24-6-8-25(9-7-24)31(2,28)29;1-17-11-5-3-4-10(12-11)13-6-8-14(9-7-13)18(2,15)16;1-13-5-3-6(10)8(9(11)12)7(4-5)14-2;1-9-6-4-2-3-5(7)8-6;1-10(8,9)7-4-2-6-3-5-7;/h3-5,10-11,26H,6-9,12H2,1-2H3,(H,22,23,27);3-5H,6-9H2,1-2H3;3-4H,10H2,1-2H3,(H2,11,12);2-4H,1H3;6H,2-5H2,1H3;1H. The maximum absolute atomic E-state index is 12.7. The van der Waals surface area contributed by atoms with Crippen molar-refractivity contribution in [3.05, 3.63) is 105 Å². The first-order chi connectivity index (χ1) is 38.8. The number of aliphatic hydroxyl groups excluding tert-OH is 1. The van der Waals surface area contributed by atoms with Gasteiger partial charge in [-0.1, -0.05) is 18.2 Å². The Bertz CT molecular complexity index is 3520. The minimum Gasteiger partial charge on any atom is -0.497 e. The number of nitrogens with one attached hydrogen (secondary N) is 2.